The molecule has 0 spiro atoms. The third-order valence-electron chi connectivity index (χ3n) is 1.42. The van der Waals surface area contributed by atoms with Crippen molar-refractivity contribution in [1.82, 2.24) is 10.2 Å². The molecule has 0 aliphatic rings. The summed E-state index contributed by atoms with van der Waals surface area (Å²) in [6.45, 7) is 6.46. The fourth-order valence-corrected chi connectivity index (χ4v) is 1.38. The molecule has 13 heavy (non-hydrogen) atoms. The minimum absolute atomic E-state index is 0.147. The Morgan fingerprint density at radius 3 is 2.77 bits per heavy atom. The zero-order chi connectivity index (χ0) is 10.3. The molecular weight excluding hydrogens is 340 g/mol. The van der Waals surface area contributed by atoms with Crippen LogP contribution >= 0.6 is 0 Å². The number of rotatable bonds is 6. The van der Waals surface area contributed by atoms with Gasteiger partial charge in [-0.15, -0.1) is 0 Å². The zero-order valence-electron chi connectivity index (χ0n) is 7.74. The maximum absolute atomic E-state index is 11.4. The first-order valence-corrected chi connectivity index (χ1v) is 5.42. The second-order valence-corrected chi connectivity index (χ2v) is 3.02. The first-order valence-electron chi connectivity index (χ1n) is 3.72. The number of likely N-dealkylation sites (N-methyl/N-ethyl adjacent to an activating group) is 1. The van der Waals surface area contributed by atoms with Crippen molar-refractivity contribution in [3.05, 3.63) is 12.3 Å². The molecule has 0 aromatic carbocycles. The van der Waals surface area contributed by atoms with E-state index in [1.807, 2.05) is 0 Å². The van der Waals surface area contributed by atoms with Gasteiger partial charge in [-0.05, 0) is 0 Å². The average molecular weight is 353 g/mol. The van der Waals surface area contributed by atoms with Gasteiger partial charge >= 0.3 is 89.1 Å². The van der Waals surface area contributed by atoms with Gasteiger partial charge in [-0.2, -0.15) is 0 Å². The summed E-state index contributed by atoms with van der Waals surface area (Å²) >= 11 is 1.20. The molecule has 0 unspecified atom stereocenters. The van der Waals surface area contributed by atoms with Crippen molar-refractivity contribution in [2.45, 2.75) is 0 Å². The second kappa shape index (κ2) is 6.98. The molecule has 74 valence electrons. The van der Waals surface area contributed by atoms with Crippen molar-refractivity contribution in [2.24, 2.45) is 0 Å². The topological polar surface area (TPSA) is 41.6 Å². The van der Waals surface area contributed by atoms with E-state index in [-0.39, 0.29) is 11.6 Å². The number of nitrogens with one attached hydrogen (secondary N) is 1. The minimum atomic E-state index is -0.213. The summed E-state index contributed by atoms with van der Waals surface area (Å²) in [5, 5.41) is 2.61. The van der Waals surface area contributed by atoms with Crippen LogP contribution in [0.2, 0.25) is 0 Å². The van der Waals surface area contributed by atoms with Crippen molar-refractivity contribution < 1.29 is 28.9 Å². The van der Waals surface area contributed by atoms with E-state index in [1.165, 1.54) is 24.3 Å². The van der Waals surface area contributed by atoms with Crippen molar-refractivity contribution in [1.29, 1.82) is 0 Å². The quantitative estimate of drug-likeness (QED) is 0.508. The van der Waals surface area contributed by atoms with Gasteiger partial charge in [0.2, 0.25) is 0 Å². The van der Waals surface area contributed by atoms with E-state index in [9.17, 15) is 4.79 Å². The van der Waals surface area contributed by atoms with Crippen LogP contribution in [0.1, 0.15) is 0 Å². The number of nitrogens with zero attached hydrogens (tertiary/aromatic N) is 1. The molecule has 4 nitrogen and oxygen atoms in total. The molecule has 0 atom stereocenters. The third kappa shape index (κ3) is 4.34. The van der Waals surface area contributed by atoms with Gasteiger partial charge < -0.3 is 0 Å². The molecule has 0 heterocycles. The first-order chi connectivity index (χ1) is 6.17. The summed E-state index contributed by atoms with van der Waals surface area (Å²) in [4.78, 5) is 13.0. The predicted octanol–water partition coefficient (Wildman–Crippen LogP) is -0.696. The number of methoxy groups -OCH3 is 1. The Hall–Kier alpha value is -0.472. The molecule has 0 radical (unpaired) electrons. The second-order valence-electron chi connectivity index (χ2n) is 2.26. The Morgan fingerprint density at radius 1 is 1.77 bits per heavy atom. The van der Waals surface area contributed by atoms with Crippen molar-refractivity contribution in [2.75, 3.05) is 27.3 Å². The summed E-state index contributed by atoms with van der Waals surface area (Å²) in [5.74, 6) is -0.213. The molecule has 0 aromatic rings. The van der Waals surface area contributed by atoms with E-state index in [1.54, 1.807) is 18.7 Å². The van der Waals surface area contributed by atoms with Gasteiger partial charge in [0, 0.05) is 0 Å². The molecule has 0 aliphatic carbocycles. The Balaban J connectivity index is 4.14. The Labute approximate surface area is 89.3 Å². The first kappa shape index (κ1) is 12.5. The van der Waals surface area contributed by atoms with Crippen LogP contribution in [0.25, 0.3) is 0 Å². The maximum atomic E-state index is 11.4. The molecular formula is C8H13N2O2W-. The van der Waals surface area contributed by atoms with E-state index in [0.29, 0.717) is 13.2 Å². The summed E-state index contributed by atoms with van der Waals surface area (Å²) in [7, 11) is 3.21. The number of carbonyl (C=O) groups excluding carboxylic acids is 1. The molecule has 0 fully saturated rings. The molecule has 1 N–H and O–H groups in total. The fraction of sp³-hybridized carbons (Fsp3) is 0.500. The van der Waals surface area contributed by atoms with Gasteiger partial charge in [-0.3, -0.25) is 0 Å². The van der Waals surface area contributed by atoms with Crippen LogP contribution in [-0.2, 0) is 28.9 Å². The summed E-state index contributed by atoms with van der Waals surface area (Å²) in [6.07, 6.45) is 0. The van der Waals surface area contributed by atoms with Crippen LogP contribution in [0.5, 0.6) is 0 Å². The molecule has 0 saturated carbocycles. The van der Waals surface area contributed by atoms with Crippen LogP contribution in [0.4, 0.5) is 0 Å². The Morgan fingerprint density at radius 2 is 2.38 bits per heavy atom. The van der Waals surface area contributed by atoms with Crippen molar-refractivity contribution >= 4 is 10.4 Å². The van der Waals surface area contributed by atoms with Crippen LogP contribution in [0.15, 0.2) is 5.70 Å². The van der Waals surface area contributed by atoms with Gasteiger partial charge in [0.1, 0.15) is 0 Å². The van der Waals surface area contributed by atoms with Gasteiger partial charge in [0.15, 0.2) is 0 Å². The summed E-state index contributed by atoms with van der Waals surface area (Å²) in [6, 6.07) is 0. The monoisotopic (exact) mass is 353 g/mol. The van der Waals surface area contributed by atoms with Gasteiger partial charge in [0.05, 0.1) is 0 Å². The van der Waals surface area contributed by atoms with Crippen LogP contribution in [-0.4, -0.2) is 42.6 Å². The molecule has 0 aliphatic heterocycles. The van der Waals surface area contributed by atoms with Crippen LogP contribution in [0, 0.1) is 6.58 Å². The predicted molar refractivity (Wildman–Crippen MR) is 46.5 cm³/mol. The zero-order valence-corrected chi connectivity index (χ0v) is 10.7. The Kier molecular flexibility index (Phi) is 6.73. The molecule has 5 heteroatoms. The number of hydrogen-bond donors (Lipinski definition) is 1. The number of hydrogen-bond acceptors (Lipinski definition) is 3. The molecule has 0 bridgehead atoms. The van der Waals surface area contributed by atoms with Crippen molar-refractivity contribution in [3.63, 3.8) is 0 Å². The van der Waals surface area contributed by atoms with E-state index >= 15 is 0 Å². The van der Waals surface area contributed by atoms with Crippen molar-refractivity contribution in [3.8, 4) is 0 Å². The standard InChI is InChI=1S/C8H13N2O2.W/c1-7(9-2)8(11)10(3)5-6-12-4;/h1,3,9H,5-6H2,2,4H3;/q-1;. The van der Waals surface area contributed by atoms with E-state index in [0.717, 1.165) is 0 Å². The summed E-state index contributed by atoms with van der Waals surface area (Å²) < 4.78 is 6.62. The Bertz CT molecular complexity index is 206. The SMILES string of the molecule is [CH-]=C(NC)C(=O)N([CH]=[W])CCOC. The average Bonchev–Trinajstić information content (AvgIpc) is 2.17. The van der Waals surface area contributed by atoms with Gasteiger partial charge in [-0.1, -0.05) is 0 Å². The van der Waals surface area contributed by atoms with Crippen LogP contribution in [0.3, 0.4) is 0 Å². The van der Waals surface area contributed by atoms with E-state index in [4.69, 9.17) is 11.3 Å². The molecule has 0 aromatic heterocycles. The summed E-state index contributed by atoms with van der Waals surface area (Å²) in [5.41, 5.74) is 0.147. The van der Waals surface area contributed by atoms with Crippen LogP contribution < -0.4 is 5.32 Å². The number of carbonyl (C=O) groups is 1. The van der Waals surface area contributed by atoms with Gasteiger partial charge in [-0.25, -0.2) is 0 Å². The third-order valence-corrected chi connectivity index (χ3v) is 2.34. The number of ether oxygens (including phenoxy) is 1. The normalized spacial score (nSPS) is 9.08. The molecule has 0 saturated heterocycles. The van der Waals surface area contributed by atoms with E-state index in [2.05, 4.69) is 5.32 Å². The van der Waals surface area contributed by atoms with Gasteiger partial charge in [0.25, 0.3) is 0 Å². The molecule has 1 amide bonds. The number of amides is 1. The van der Waals surface area contributed by atoms with E-state index < -0.39 is 0 Å². The fourth-order valence-electron chi connectivity index (χ4n) is 0.653. The molecule has 0 rings (SSSR count).